The van der Waals surface area contributed by atoms with E-state index >= 15 is 0 Å². The number of anilines is 2. The number of hydrogen-bond donors (Lipinski definition) is 3. The first-order chi connectivity index (χ1) is 15.3. The van der Waals surface area contributed by atoms with Crippen molar-refractivity contribution in [3.8, 4) is 5.75 Å². The minimum Gasteiger partial charge on any atom is -0.484 e. The lowest BCUT2D eigenvalue weighted by Gasteiger charge is -2.35. The molecule has 14 heteroatoms. The normalized spacial score (nSPS) is 15.9. The van der Waals surface area contributed by atoms with Gasteiger partial charge in [0.1, 0.15) is 17.7 Å². The molecule has 3 N–H and O–H groups in total. The van der Waals surface area contributed by atoms with Gasteiger partial charge in [0.2, 0.25) is 5.91 Å². The van der Waals surface area contributed by atoms with E-state index in [9.17, 15) is 35.6 Å². The number of carbonyl (C=O) groups excluding carboxylic acids is 1. The number of amides is 2. The molecule has 1 heterocycles. The molecule has 9 nitrogen and oxygen atoms in total. The summed E-state index contributed by atoms with van der Waals surface area (Å²) in [4.78, 5) is 21.3. The molecule has 2 aromatic rings. The van der Waals surface area contributed by atoms with Crippen LogP contribution < -0.4 is 19.7 Å². The summed E-state index contributed by atoms with van der Waals surface area (Å²) >= 11 is 0. The van der Waals surface area contributed by atoms with Gasteiger partial charge in [0.05, 0.1) is 29.2 Å². The highest BCUT2D eigenvalue weighted by Gasteiger charge is 2.39. The van der Waals surface area contributed by atoms with Crippen LogP contribution >= 0.6 is 0 Å². The number of halogens is 4. The zero-order valence-electron chi connectivity index (χ0n) is 16.8. The predicted molar refractivity (Wildman–Crippen MR) is 107 cm³/mol. The molecule has 1 aliphatic rings. The number of rotatable bonds is 5. The monoisotopic (exact) mass is 491 g/mol. The van der Waals surface area contributed by atoms with Crippen molar-refractivity contribution in [1.82, 2.24) is 5.32 Å². The topological polar surface area (TPSA) is 125 Å². The van der Waals surface area contributed by atoms with Crippen LogP contribution in [0.5, 0.6) is 5.75 Å². The summed E-state index contributed by atoms with van der Waals surface area (Å²) in [7, 11) is -4.69. The quantitative estimate of drug-likeness (QED) is 0.553. The van der Waals surface area contributed by atoms with Gasteiger partial charge >= 0.3 is 12.3 Å². The summed E-state index contributed by atoms with van der Waals surface area (Å²) in [5.74, 6) is -2.08. The standard InChI is InChI=1S/C19H17F4N3O6S/c1-10(27)24-8-12-9-26(16-6-11(25-18(28)29)2-5-17(16)32-12)33(30,31)13-3-4-15(20)14(7-13)19(21,22)23/h2-7,12,25H,8-9H2,1H3,(H,24,27)(H,28,29). The Kier molecular flexibility index (Phi) is 6.40. The molecule has 178 valence electrons. The van der Waals surface area contributed by atoms with Crippen LogP contribution in [-0.2, 0) is 21.0 Å². The van der Waals surface area contributed by atoms with Gasteiger partial charge in [0, 0.05) is 12.6 Å². The van der Waals surface area contributed by atoms with E-state index < -0.39 is 57.1 Å². The molecule has 2 aromatic carbocycles. The number of alkyl halides is 3. The van der Waals surface area contributed by atoms with Crippen molar-refractivity contribution >= 4 is 33.4 Å². The molecule has 0 fully saturated rings. The average Bonchev–Trinajstić information content (AvgIpc) is 2.70. The molecule has 3 rings (SSSR count). The van der Waals surface area contributed by atoms with Crippen molar-refractivity contribution in [2.24, 2.45) is 0 Å². The number of benzene rings is 2. The van der Waals surface area contributed by atoms with Crippen molar-refractivity contribution < 1.29 is 45.4 Å². The predicted octanol–water partition coefficient (Wildman–Crippen LogP) is 3.03. The van der Waals surface area contributed by atoms with Crippen molar-refractivity contribution in [1.29, 1.82) is 0 Å². The molecule has 0 radical (unpaired) electrons. The number of carboxylic acid groups (broad SMARTS) is 1. The minimum atomic E-state index is -5.13. The lowest BCUT2D eigenvalue weighted by atomic mass is 10.2. The highest BCUT2D eigenvalue weighted by molar-refractivity contribution is 7.92. The largest absolute Gasteiger partial charge is 0.484 e. The Labute approximate surface area is 185 Å². The maximum atomic E-state index is 13.7. The summed E-state index contributed by atoms with van der Waals surface area (Å²) < 4.78 is 86.1. The molecule has 1 aliphatic heterocycles. The Morgan fingerprint density at radius 1 is 1.21 bits per heavy atom. The zero-order chi connectivity index (χ0) is 24.6. The Morgan fingerprint density at radius 2 is 1.91 bits per heavy atom. The zero-order valence-corrected chi connectivity index (χ0v) is 17.6. The van der Waals surface area contributed by atoms with E-state index in [0.717, 1.165) is 10.4 Å². The van der Waals surface area contributed by atoms with Crippen LogP contribution in [0, 0.1) is 5.82 Å². The summed E-state index contributed by atoms with van der Waals surface area (Å²) in [6.07, 6.45) is -7.49. The number of fused-ring (bicyclic) bond motifs is 1. The summed E-state index contributed by atoms with van der Waals surface area (Å²) in [5, 5.41) is 13.4. The summed E-state index contributed by atoms with van der Waals surface area (Å²) in [5.41, 5.74) is -1.94. The van der Waals surface area contributed by atoms with Gasteiger partial charge in [0.15, 0.2) is 0 Å². The molecule has 1 unspecified atom stereocenters. The molecular formula is C19H17F4N3O6S. The first kappa shape index (κ1) is 24.1. The molecule has 0 bridgehead atoms. The molecule has 0 saturated heterocycles. The fourth-order valence-electron chi connectivity index (χ4n) is 3.11. The van der Waals surface area contributed by atoms with Gasteiger partial charge in [-0.2, -0.15) is 13.2 Å². The molecule has 2 amide bonds. The molecule has 0 spiro atoms. The number of nitrogens with one attached hydrogen (secondary N) is 2. The van der Waals surface area contributed by atoms with Crippen molar-refractivity contribution in [3.05, 3.63) is 47.8 Å². The minimum absolute atomic E-state index is 0.0192. The highest BCUT2D eigenvalue weighted by atomic mass is 32.2. The maximum absolute atomic E-state index is 13.7. The number of nitrogens with zero attached hydrogens (tertiary/aromatic N) is 1. The second kappa shape index (κ2) is 8.77. The third kappa shape index (κ3) is 5.27. The average molecular weight is 491 g/mol. The van der Waals surface area contributed by atoms with E-state index in [1.54, 1.807) is 0 Å². The van der Waals surface area contributed by atoms with Crippen molar-refractivity contribution in [2.45, 2.75) is 24.1 Å². The summed E-state index contributed by atoms with van der Waals surface area (Å²) in [6, 6.07) is 4.96. The second-order valence-electron chi connectivity index (χ2n) is 6.97. The molecule has 33 heavy (non-hydrogen) atoms. The number of carbonyl (C=O) groups is 2. The van der Waals surface area contributed by atoms with E-state index in [4.69, 9.17) is 9.84 Å². The van der Waals surface area contributed by atoms with Crippen LogP contribution in [0.15, 0.2) is 41.3 Å². The Morgan fingerprint density at radius 3 is 2.52 bits per heavy atom. The van der Waals surface area contributed by atoms with Gasteiger partial charge < -0.3 is 15.2 Å². The number of sulfonamides is 1. The van der Waals surface area contributed by atoms with Crippen molar-refractivity contribution in [3.63, 3.8) is 0 Å². The third-order valence-electron chi connectivity index (χ3n) is 4.55. The lowest BCUT2D eigenvalue weighted by molar-refractivity contribution is -0.140. The lowest BCUT2D eigenvalue weighted by Crippen LogP contribution is -2.48. The van der Waals surface area contributed by atoms with Gasteiger partial charge in [-0.3, -0.25) is 14.4 Å². The maximum Gasteiger partial charge on any atom is 0.419 e. The van der Waals surface area contributed by atoms with Crippen LogP contribution in [0.2, 0.25) is 0 Å². The van der Waals surface area contributed by atoms with Gasteiger partial charge in [-0.15, -0.1) is 0 Å². The van der Waals surface area contributed by atoms with Gasteiger partial charge in [-0.1, -0.05) is 0 Å². The van der Waals surface area contributed by atoms with E-state index in [1.807, 2.05) is 5.32 Å². The Bertz CT molecular complexity index is 1200. The van der Waals surface area contributed by atoms with E-state index in [0.29, 0.717) is 12.1 Å². The Balaban J connectivity index is 2.10. The van der Waals surface area contributed by atoms with Gasteiger partial charge in [0.25, 0.3) is 10.0 Å². The molecule has 0 saturated carbocycles. The van der Waals surface area contributed by atoms with Crippen LogP contribution in [0.1, 0.15) is 12.5 Å². The fourth-order valence-corrected chi connectivity index (χ4v) is 4.64. The number of ether oxygens (including phenoxy) is 1. The van der Waals surface area contributed by atoms with Gasteiger partial charge in [-0.05, 0) is 36.4 Å². The first-order valence-corrected chi connectivity index (χ1v) is 10.7. The molecule has 1 atom stereocenters. The van der Waals surface area contributed by atoms with E-state index in [2.05, 4.69) is 5.32 Å². The van der Waals surface area contributed by atoms with Crippen LogP contribution in [0.25, 0.3) is 0 Å². The first-order valence-electron chi connectivity index (χ1n) is 9.23. The van der Waals surface area contributed by atoms with E-state index in [-0.39, 0.29) is 29.7 Å². The second-order valence-corrected chi connectivity index (χ2v) is 8.83. The van der Waals surface area contributed by atoms with Crippen LogP contribution in [-0.4, -0.2) is 44.7 Å². The summed E-state index contributed by atoms with van der Waals surface area (Å²) in [6.45, 7) is 0.685. The molecule has 0 aliphatic carbocycles. The van der Waals surface area contributed by atoms with Gasteiger partial charge in [-0.25, -0.2) is 17.6 Å². The third-order valence-corrected chi connectivity index (χ3v) is 6.33. The van der Waals surface area contributed by atoms with E-state index in [1.165, 1.54) is 19.1 Å². The fraction of sp³-hybridized carbons (Fsp3) is 0.263. The molecular weight excluding hydrogens is 474 g/mol. The van der Waals surface area contributed by atoms with Crippen LogP contribution in [0.4, 0.5) is 33.7 Å². The molecule has 0 aromatic heterocycles. The number of hydrogen-bond acceptors (Lipinski definition) is 5. The Hall–Kier alpha value is -3.55. The SMILES string of the molecule is CC(=O)NCC1CN(S(=O)(=O)c2ccc(F)c(C(F)(F)F)c2)c2cc(NC(=O)O)ccc2O1. The van der Waals surface area contributed by atoms with Crippen LogP contribution in [0.3, 0.4) is 0 Å². The highest BCUT2D eigenvalue weighted by Crippen LogP contribution is 2.40. The smallest absolute Gasteiger partial charge is 0.419 e. The van der Waals surface area contributed by atoms with Crippen molar-refractivity contribution in [2.75, 3.05) is 22.7 Å².